The van der Waals surface area contributed by atoms with Crippen molar-refractivity contribution >= 4 is 23.6 Å². The van der Waals surface area contributed by atoms with E-state index in [1.54, 1.807) is 24.3 Å². The molecule has 0 bridgehead atoms. The first-order valence-corrected chi connectivity index (χ1v) is 11.1. The number of piperidine rings is 1. The Bertz CT molecular complexity index is 1100. The van der Waals surface area contributed by atoms with Crippen LogP contribution in [0.3, 0.4) is 0 Å². The van der Waals surface area contributed by atoms with Crippen LogP contribution in [0, 0.1) is 0 Å². The minimum Gasteiger partial charge on any atom is -0.507 e. The van der Waals surface area contributed by atoms with E-state index in [2.05, 4.69) is 10.3 Å². The number of amides is 2. The Balaban J connectivity index is 0.000000214. The number of ether oxygens (including phenoxy) is 1. The number of rotatable bonds is 4. The topological polar surface area (TPSA) is 105 Å². The standard InChI is InChI=1S/C17H13ClN2O3.C7H11NO2/c18-13-4-1-11(2-5-13)8-20-17(22)12-3-6-14(15(21)7-12)16-9-19-10-23-16;9-7-8-4-2-1-3-6(8)5-10-7/h1-7,9-10,21H,8H2,(H,20,22);6H,1-5H2. The van der Waals surface area contributed by atoms with Crippen molar-refractivity contribution in [3.8, 4) is 17.1 Å². The molecule has 2 N–H and O–H groups in total. The van der Waals surface area contributed by atoms with Crippen molar-refractivity contribution in [2.24, 2.45) is 0 Å². The van der Waals surface area contributed by atoms with Gasteiger partial charge >= 0.3 is 6.09 Å². The fourth-order valence-electron chi connectivity index (χ4n) is 3.78. The molecule has 2 aliphatic heterocycles. The van der Waals surface area contributed by atoms with Gasteiger partial charge in [0.1, 0.15) is 12.4 Å². The molecular weight excluding hydrogens is 446 g/mol. The van der Waals surface area contributed by atoms with E-state index in [4.69, 9.17) is 20.8 Å². The summed E-state index contributed by atoms with van der Waals surface area (Å²) >= 11 is 5.82. The van der Waals surface area contributed by atoms with Crippen molar-refractivity contribution in [3.63, 3.8) is 0 Å². The molecule has 2 fully saturated rings. The molecule has 1 aromatic heterocycles. The van der Waals surface area contributed by atoms with E-state index in [-0.39, 0.29) is 17.7 Å². The highest BCUT2D eigenvalue weighted by molar-refractivity contribution is 6.30. The number of benzene rings is 2. The Morgan fingerprint density at radius 3 is 2.73 bits per heavy atom. The van der Waals surface area contributed by atoms with Crippen LogP contribution in [-0.4, -0.2) is 46.2 Å². The van der Waals surface area contributed by atoms with Crippen LogP contribution in [-0.2, 0) is 11.3 Å². The van der Waals surface area contributed by atoms with Crippen molar-refractivity contribution in [2.45, 2.75) is 31.8 Å². The highest BCUT2D eigenvalue weighted by atomic mass is 35.5. The lowest BCUT2D eigenvalue weighted by atomic mass is 10.0. The number of hydrogen-bond donors (Lipinski definition) is 2. The molecule has 2 aromatic carbocycles. The number of oxazole rings is 1. The summed E-state index contributed by atoms with van der Waals surface area (Å²) < 4.78 is 10.0. The van der Waals surface area contributed by atoms with Crippen LogP contribution in [0.25, 0.3) is 11.3 Å². The SMILES string of the molecule is O=C(NCc1ccc(Cl)cc1)c1ccc(-c2cnco2)c(O)c1.O=C1OCC2CCCCN12. The summed E-state index contributed by atoms with van der Waals surface area (Å²) in [5, 5.41) is 13.5. The van der Waals surface area contributed by atoms with Crippen LogP contribution in [0.4, 0.5) is 4.79 Å². The van der Waals surface area contributed by atoms with E-state index in [9.17, 15) is 14.7 Å². The summed E-state index contributed by atoms with van der Waals surface area (Å²) in [7, 11) is 0. The maximum atomic E-state index is 12.2. The van der Waals surface area contributed by atoms with E-state index in [0.717, 1.165) is 24.9 Å². The lowest BCUT2D eigenvalue weighted by Crippen LogP contribution is -2.37. The molecule has 3 aromatic rings. The van der Waals surface area contributed by atoms with Crippen molar-refractivity contribution < 1.29 is 23.8 Å². The van der Waals surface area contributed by atoms with Crippen molar-refractivity contribution in [1.29, 1.82) is 0 Å². The van der Waals surface area contributed by atoms with Crippen LogP contribution in [0.1, 0.15) is 35.2 Å². The van der Waals surface area contributed by atoms with Crippen LogP contribution in [0.2, 0.25) is 5.02 Å². The number of hydrogen-bond acceptors (Lipinski definition) is 6. The lowest BCUT2D eigenvalue weighted by Gasteiger charge is -2.25. The van der Waals surface area contributed by atoms with Gasteiger partial charge in [-0.3, -0.25) is 4.79 Å². The molecule has 0 spiro atoms. The largest absolute Gasteiger partial charge is 0.507 e. The molecule has 0 aliphatic carbocycles. The minimum atomic E-state index is -0.278. The number of fused-ring (bicyclic) bond motifs is 1. The molecule has 0 radical (unpaired) electrons. The van der Waals surface area contributed by atoms with E-state index in [1.807, 2.05) is 17.0 Å². The quantitative estimate of drug-likeness (QED) is 0.577. The number of carbonyl (C=O) groups is 2. The summed E-state index contributed by atoms with van der Waals surface area (Å²) in [6.45, 7) is 1.91. The monoisotopic (exact) mass is 469 g/mol. The maximum absolute atomic E-state index is 12.2. The van der Waals surface area contributed by atoms with E-state index in [1.165, 1.54) is 25.1 Å². The summed E-state index contributed by atoms with van der Waals surface area (Å²) in [6, 6.07) is 12.3. The predicted molar refractivity (Wildman–Crippen MR) is 122 cm³/mol. The van der Waals surface area contributed by atoms with Gasteiger partial charge in [0.25, 0.3) is 5.91 Å². The fourth-order valence-corrected chi connectivity index (χ4v) is 3.91. The van der Waals surface area contributed by atoms with E-state index >= 15 is 0 Å². The average molecular weight is 470 g/mol. The Kier molecular flexibility index (Phi) is 7.14. The zero-order chi connectivity index (χ0) is 23.2. The average Bonchev–Trinajstić information content (AvgIpc) is 3.49. The zero-order valence-corrected chi connectivity index (χ0v) is 18.6. The van der Waals surface area contributed by atoms with Gasteiger partial charge in [-0.1, -0.05) is 23.7 Å². The molecule has 5 rings (SSSR count). The number of cyclic esters (lactones) is 1. The van der Waals surface area contributed by atoms with Gasteiger partial charge < -0.3 is 24.5 Å². The third-order valence-corrected chi connectivity index (χ3v) is 5.84. The van der Waals surface area contributed by atoms with Gasteiger partial charge in [0.2, 0.25) is 0 Å². The fraction of sp³-hybridized carbons (Fsp3) is 0.292. The Morgan fingerprint density at radius 2 is 2.03 bits per heavy atom. The second-order valence-electron chi connectivity index (χ2n) is 7.83. The molecule has 2 aliphatic rings. The van der Waals surface area contributed by atoms with Crippen molar-refractivity contribution in [1.82, 2.24) is 15.2 Å². The minimum absolute atomic E-state index is 0.0408. The number of phenols is 1. The number of nitrogens with one attached hydrogen (secondary N) is 1. The van der Waals surface area contributed by atoms with Crippen LogP contribution in [0.15, 0.2) is 59.5 Å². The molecule has 33 heavy (non-hydrogen) atoms. The highest BCUT2D eigenvalue weighted by Crippen LogP contribution is 2.29. The van der Waals surface area contributed by atoms with E-state index in [0.29, 0.717) is 41.1 Å². The first-order valence-electron chi connectivity index (χ1n) is 10.7. The summed E-state index contributed by atoms with van der Waals surface area (Å²) in [6.07, 6.45) is 6.19. The smallest absolute Gasteiger partial charge is 0.410 e. The maximum Gasteiger partial charge on any atom is 0.410 e. The molecule has 1 unspecified atom stereocenters. The van der Waals surface area contributed by atoms with Gasteiger partial charge in [-0.2, -0.15) is 0 Å². The van der Waals surface area contributed by atoms with Gasteiger partial charge in [0.15, 0.2) is 12.2 Å². The number of halogens is 1. The normalized spacial score (nSPS) is 16.9. The van der Waals surface area contributed by atoms with Crippen LogP contribution < -0.4 is 5.32 Å². The van der Waals surface area contributed by atoms with Crippen LogP contribution in [0.5, 0.6) is 5.75 Å². The highest BCUT2D eigenvalue weighted by Gasteiger charge is 2.34. The third kappa shape index (κ3) is 5.64. The number of phenolic OH excluding ortho intramolecular Hbond substituents is 1. The lowest BCUT2D eigenvalue weighted by molar-refractivity contribution is 0.0950. The zero-order valence-electron chi connectivity index (χ0n) is 17.9. The molecule has 2 saturated heterocycles. The third-order valence-electron chi connectivity index (χ3n) is 5.58. The second kappa shape index (κ2) is 10.4. The first-order chi connectivity index (χ1) is 16.0. The summed E-state index contributed by atoms with van der Waals surface area (Å²) in [5.74, 6) is 0.121. The predicted octanol–water partition coefficient (Wildman–Crippen LogP) is 4.62. The molecule has 172 valence electrons. The van der Waals surface area contributed by atoms with Gasteiger partial charge in [0.05, 0.1) is 17.8 Å². The van der Waals surface area contributed by atoms with Gasteiger partial charge in [-0.05, 0) is 55.2 Å². The molecular formula is C24H24ClN3O5. The van der Waals surface area contributed by atoms with Gasteiger partial charge in [0, 0.05) is 23.7 Å². The number of carbonyl (C=O) groups excluding carboxylic acids is 2. The molecule has 3 heterocycles. The Hall–Kier alpha value is -3.52. The first kappa shape index (κ1) is 22.7. The van der Waals surface area contributed by atoms with Gasteiger partial charge in [-0.25, -0.2) is 9.78 Å². The van der Waals surface area contributed by atoms with Crippen LogP contribution >= 0.6 is 11.6 Å². The summed E-state index contributed by atoms with van der Waals surface area (Å²) in [5.41, 5.74) is 1.78. The van der Waals surface area contributed by atoms with E-state index < -0.39 is 0 Å². The van der Waals surface area contributed by atoms with Crippen molar-refractivity contribution in [2.75, 3.05) is 13.2 Å². The Morgan fingerprint density at radius 1 is 1.21 bits per heavy atom. The second-order valence-corrected chi connectivity index (χ2v) is 8.26. The summed E-state index contributed by atoms with van der Waals surface area (Å²) in [4.78, 5) is 28.7. The molecule has 1 atom stereocenters. The van der Waals surface area contributed by atoms with Gasteiger partial charge in [-0.15, -0.1) is 0 Å². The number of nitrogens with zero attached hydrogens (tertiary/aromatic N) is 2. The molecule has 0 saturated carbocycles. The number of aromatic hydroxyl groups is 1. The number of aromatic nitrogens is 1. The Labute approximate surface area is 196 Å². The molecule has 8 nitrogen and oxygen atoms in total. The van der Waals surface area contributed by atoms with Crippen molar-refractivity contribution in [3.05, 3.63) is 71.2 Å². The molecule has 2 amide bonds. The molecule has 9 heteroatoms.